The Morgan fingerprint density at radius 2 is 2.17 bits per heavy atom. The molecule has 0 bridgehead atoms. The van der Waals surface area contributed by atoms with Gasteiger partial charge >= 0.3 is 0 Å². The van der Waals surface area contributed by atoms with Crippen LogP contribution in [0.3, 0.4) is 0 Å². The molecular weight excluding hydrogens is 157 g/mol. The van der Waals surface area contributed by atoms with Gasteiger partial charge in [-0.3, -0.25) is 14.9 Å². The maximum Gasteiger partial charge on any atom is 0.279 e. The zero-order valence-corrected chi connectivity index (χ0v) is 6.48. The van der Waals surface area contributed by atoms with E-state index in [1.54, 1.807) is 13.9 Å². The van der Waals surface area contributed by atoms with Crippen molar-refractivity contribution in [3.05, 3.63) is 33.9 Å². The molecule has 0 N–H and O–H groups in total. The molecule has 0 fully saturated rings. The molecule has 0 saturated carbocycles. The average Bonchev–Trinajstić information content (AvgIpc) is 2.04. The van der Waals surface area contributed by atoms with Crippen LogP contribution in [0.25, 0.3) is 0 Å². The number of rotatable bonds is 2. The molecule has 0 spiro atoms. The minimum absolute atomic E-state index is 0.116. The Morgan fingerprint density at radius 3 is 2.67 bits per heavy atom. The molecule has 1 aromatic carbocycles. The first-order chi connectivity index (χ1) is 5.65. The minimum atomic E-state index is -0.559. The van der Waals surface area contributed by atoms with Crippen LogP contribution < -0.4 is 5.46 Å². The molecule has 1 aromatic rings. The molecule has 0 saturated heterocycles. The van der Waals surface area contributed by atoms with Gasteiger partial charge < -0.3 is 0 Å². The van der Waals surface area contributed by atoms with Gasteiger partial charge in [-0.25, -0.2) is 0 Å². The number of nitrogens with zero attached hydrogens (tertiary/aromatic N) is 1. The summed E-state index contributed by atoms with van der Waals surface area (Å²) < 4.78 is 0. The van der Waals surface area contributed by atoms with Crippen molar-refractivity contribution in [2.75, 3.05) is 0 Å². The quantitative estimate of drug-likeness (QED) is 0.259. The molecule has 0 atom stereocenters. The highest BCUT2D eigenvalue weighted by Gasteiger charge is 2.11. The number of nitro benzene ring substituents is 1. The number of hydrogen-bond donors (Lipinski definition) is 0. The molecule has 0 aliphatic carbocycles. The summed E-state index contributed by atoms with van der Waals surface area (Å²) in [5.41, 5.74) is 0.753. The fourth-order valence-electron chi connectivity index (χ4n) is 0.911. The second kappa shape index (κ2) is 3.17. The fraction of sp³-hybridized carbons (Fsp3) is 0. The van der Waals surface area contributed by atoms with E-state index in [1.165, 1.54) is 12.1 Å². The van der Waals surface area contributed by atoms with Gasteiger partial charge in [-0.15, -0.1) is 0 Å². The van der Waals surface area contributed by atoms with Crippen molar-refractivity contribution < 1.29 is 9.72 Å². The monoisotopic (exact) mass is 163 g/mol. The predicted molar refractivity (Wildman–Crippen MR) is 46.7 cm³/mol. The van der Waals surface area contributed by atoms with Gasteiger partial charge in [0.05, 0.1) is 10.5 Å². The van der Waals surface area contributed by atoms with Crippen LogP contribution in [0, 0.1) is 10.1 Å². The van der Waals surface area contributed by atoms with Gasteiger partial charge in [0.2, 0.25) is 0 Å². The van der Waals surface area contributed by atoms with Crippen molar-refractivity contribution in [1.29, 1.82) is 0 Å². The first kappa shape index (κ1) is 8.45. The van der Waals surface area contributed by atoms with Gasteiger partial charge in [0.15, 0.2) is 6.29 Å². The van der Waals surface area contributed by atoms with Gasteiger partial charge in [-0.05, 0) is 6.07 Å². The summed E-state index contributed by atoms with van der Waals surface area (Å²) in [6.45, 7) is 0. The summed E-state index contributed by atoms with van der Waals surface area (Å²) in [6, 6.07) is 4.49. The average molecular weight is 163 g/mol. The van der Waals surface area contributed by atoms with Crippen LogP contribution in [0.5, 0.6) is 0 Å². The van der Waals surface area contributed by atoms with Crippen LogP contribution in [0.4, 0.5) is 5.69 Å². The molecular formula is C7H6BNO3. The number of nitro groups is 1. The minimum Gasteiger partial charge on any atom is -0.298 e. The number of hydrogen-bond acceptors (Lipinski definition) is 3. The number of carbonyl (C=O) groups is 1. The molecule has 60 valence electrons. The van der Waals surface area contributed by atoms with Crippen molar-refractivity contribution in [2.45, 2.75) is 0 Å². The normalized spacial score (nSPS) is 9.33. The molecule has 0 aliphatic rings. The molecule has 0 aliphatic heterocycles. The van der Waals surface area contributed by atoms with Crippen LogP contribution in [-0.4, -0.2) is 19.1 Å². The van der Waals surface area contributed by atoms with Gasteiger partial charge in [0.1, 0.15) is 7.85 Å². The van der Waals surface area contributed by atoms with E-state index in [0.717, 1.165) is 5.46 Å². The summed E-state index contributed by atoms with van der Waals surface area (Å²) in [5.74, 6) is 0. The lowest BCUT2D eigenvalue weighted by Gasteiger charge is -1.95. The standard InChI is InChI=1S/C7H6BNO3/c8-6-2-1-5(4-10)7(3-6)9(11)12/h1-4H,8H2. The summed E-state index contributed by atoms with van der Waals surface area (Å²) in [7, 11) is 1.74. The van der Waals surface area contributed by atoms with Crippen molar-refractivity contribution >= 4 is 25.3 Å². The summed E-state index contributed by atoms with van der Waals surface area (Å²) in [5, 5.41) is 10.4. The fourth-order valence-corrected chi connectivity index (χ4v) is 0.911. The van der Waals surface area contributed by atoms with E-state index >= 15 is 0 Å². The van der Waals surface area contributed by atoms with Gasteiger partial charge in [0, 0.05) is 6.07 Å². The predicted octanol–water partition coefficient (Wildman–Crippen LogP) is -0.334. The smallest absolute Gasteiger partial charge is 0.279 e. The number of aldehydes is 1. The molecule has 0 amide bonds. The van der Waals surface area contributed by atoms with E-state index in [-0.39, 0.29) is 11.3 Å². The Hall–Kier alpha value is -1.65. The maximum atomic E-state index is 10.4. The molecule has 0 heterocycles. The number of carbonyl (C=O) groups excluding carboxylic acids is 1. The van der Waals surface area contributed by atoms with Crippen LogP contribution >= 0.6 is 0 Å². The molecule has 5 heteroatoms. The highest BCUT2D eigenvalue weighted by molar-refractivity contribution is 6.32. The summed E-state index contributed by atoms with van der Waals surface area (Å²) in [6.07, 6.45) is 0.484. The Balaban J connectivity index is 3.30. The summed E-state index contributed by atoms with van der Waals surface area (Å²) in [4.78, 5) is 20.2. The van der Waals surface area contributed by atoms with E-state index in [2.05, 4.69) is 0 Å². The van der Waals surface area contributed by atoms with E-state index in [9.17, 15) is 14.9 Å². The molecule has 0 unspecified atom stereocenters. The second-order valence-electron chi connectivity index (χ2n) is 2.44. The SMILES string of the molecule is Bc1ccc(C=O)c([N+](=O)[O-])c1. The first-order valence-electron chi connectivity index (χ1n) is 3.35. The third-order valence-corrected chi connectivity index (χ3v) is 1.51. The highest BCUT2D eigenvalue weighted by Crippen LogP contribution is 2.13. The molecule has 1 rings (SSSR count). The lowest BCUT2D eigenvalue weighted by molar-refractivity contribution is -0.385. The largest absolute Gasteiger partial charge is 0.298 e. The van der Waals surface area contributed by atoms with Crippen molar-refractivity contribution in [1.82, 2.24) is 0 Å². The number of benzene rings is 1. The van der Waals surface area contributed by atoms with Crippen molar-refractivity contribution in [3.8, 4) is 0 Å². The van der Waals surface area contributed by atoms with E-state index in [1.807, 2.05) is 0 Å². The van der Waals surface area contributed by atoms with Crippen LogP contribution in [0.2, 0.25) is 0 Å². The Bertz CT molecular complexity index is 337. The van der Waals surface area contributed by atoms with Gasteiger partial charge in [0.25, 0.3) is 5.69 Å². The van der Waals surface area contributed by atoms with Crippen LogP contribution in [0.1, 0.15) is 10.4 Å². The Morgan fingerprint density at radius 1 is 1.50 bits per heavy atom. The van der Waals surface area contributed by atoms with Crippen LogP contribution in [-0.2, 0) is 0 Å². The van der Waals surface area contributed by atoms with Crippen LogP contribution in [0.15, 0.2) is 18.2 Å². The van der Waals surface area contributed by atoms with Gasteiger partial charge in [-0.2, -0.15) is 0 Å². The molecule has 12 heavy (non-hydrogen) atoms. The van der Waals surface area contributed by atoms with E-state index in [0.29, 0.717) is 6.29 Å². The van der Waals surface area contributed by atoms with E-state index in [4.69, 9.17) is 0 Å². The zero-order valence-electron chi connectivity index (χ0n) is 6.48. The topological polar surface area (TPSA) is 60.2 Å². The zero-order chi connectivity index (χ0) is 9.14. The molecule has 0 aromatic heterocycles. The van der Waals surface area contributed by atoms with Crippen molar-refractivity contribution in [2.24, 2.45) is 0 Å². The van der Waals surface area contributed by atoms with E-state index < -0.39 is 4.92 Å². The van der Waals surface area contributed by atoms with Gasteiger partial charge in [-0.1, -0.05) is 11.5 Å². The Kier molecular flexibility index (Phi) is 2.23. The third-order valence-electron chi connectivity index (χ3n) is 1.51. The first-order valence-corrected chi connectivity index (χ1v) is 3.35. The van der Waals surface area contributed by atoms with Crippen molar-refractivity contribution in [3.63, 3.8) is 0 Å². The second-order valence-corrected chi connectivity index (χ2v) is 2.44. The highest BCUT2D eigenvalue weighted by atomic mass is 16.6. The third kappa shape index (κ3) is 1.50. The maximum absolute atomic E-state index is 10.4. The molecule has 4 nitrogen and oxygen atoms in total. The molecule has 0 radical (unpaired) electrons. The Labute approximate surface area is 69.8 Å². The lowest BCUT2D eigenvalue weighted by Crippen LogP contribution is -2.05. The summed E-state index contributed by atoms with van der Waals surface area (Å²) >= 11 is 0. The lowest BCUT2D eigenvalue weighted by atomic mass is 9.94.